The largest absolute Gasteiger partial charge is 0.384 e. The highest BCUT2D eigenvalue weighted by atomic mass is 32.2. The second kappa shape index (κ2) is 6.36. The summed E-state index contributed by atoms with van der Waals surface area (Å²) in [5.41, 5.74) is 8.20. The molecule has 1 aromatic rings. The van der Waals surface area contributed by atoms with Crippen molar-refractivity contribution in [3.05, 3.63) is 11.3 Å². The van der Waals surface area contributed by atoms with Gasteiger partial charge in [0.25, 0.3) is 0 Å². The van der Waals surface area contributed by atoms with Crippen molar-refractivity contribution in [3.63, 3.8) is 0 Å². The lowest BCUT2D eigenvalue weighted by molar-refractivity contribution is 0.150. The Balaban J connectivity index is 2.28. The second-order valence-electron chi connectivity index (χ2n) is 5.85. The van der Waals surface area contributed by atoms with Gasteiger partial charge in [0.2, 0.25) is 0 Å². The summed E-state index contributed by atoms with van der Waals surface area (Å²) < 4.78 is 30.4. The molecule has 1 aromatic heterocycles. The maximum Gasteiger partial charge on any atom is 0.152 e. The van der Waals surface area contributed by atoms with Crippen LogP contribution < -0.4 is 5.73 Å². The molecular formula is C14H25N3O3S. The summed E-state index contributed by atoms with van der Waals surface area (Å²) in [5, 5.41) is 4.60. The standard InChI is InChI=1S/C14H25N3O3S/c1-4-20-7-5-12-13(10(2)3)14(15)17(16-12)11-6-8-21(18,19)9-11/h10-11H,4-9,15H2,1-3H3. The molecule has 120 valence electrons. The molecule has 1 unspecified atom stereocenters. The monoisotopic (exact) mass is 315 g/mol. The fourth-order valence-corrected chi connectivity index (χ4v) is 4.57. The van der Waals surface area contributed by atoms with Gasteiger partial charge >= 0.3 is 0 Å². The molecule has 2 heterocycles. The lowest BCUT2D eigenvalue weighted by Gasteiger charge is -2.11. The summed E-state index contributed by atoms with van der Waals surface area (Å²) in [7, 11) is -2.95. The average Bonchev–Trinajstić information content (AvgIpc) is 2.90. The van der Waals surface area contributed by atoms with E-state index in [2.05, 4.69) is 18.9 Å². The number of nitrogens with two attached hydrogens (primary N) is 1. The maximum absolute atomic E-state index is 11.7. The van der Waals surface area contributed by atoms with E-state index < -0.39 is 9.84 Å². The number of nitrogen functional groups attached to an aromatic ring is 1. The molecule has 0 spiro atoms. The van der Waals surface area contributed by atoms with E-state index in [-0.39, 0.29) is 23.5 Å². The molecule has 2 rings (SSSR count). The highest BCUT2D eigenvalue weighted by Crippen LogP contribution is 2.32. The molecule has 6 nitrogen and oxygen atoms in total. The molecule has 0 aromatic carbocycles. The van der Waals surface area contributed by atoms with Crippen LogP contribution in [0.5, 0.6) is 0 Å². The number of hydrogen-bond donors (Lipinski definition) is 1. The molecule has 21 heavy (non-hydrogen) atoms. The number of hydrogen-bond acceptors (Lipinski definition) is 5. The lowest BCUT2D eigenvalue weighted by atomic mass is 10.0. The van der Waals surface area contributed by atoms with Crippen LogP contribution in [0.1, 0.15) is 50.4 Å². The topological polar surface area (TPSA) is 87.2 Å². The minimum Gasteiger partial charge on any atom is -0.384 e. The van der Waals surface area contributed by atoms with Crippen molar-refractivity contribution in [2.45, 2.75) is 45.6 Å². The SMILES string of the molecule is CCOCCc1nn(C2CCS(=O)(=O)C2)c(N)c1C(C)C. The lowest BCUT2D eigenvalue weighted by Crippen LogP contribution is -2.15. The van der Waals surface area contributed by atoms with Gasteiger partial charge in [0, 0.05) is 18.6 Å². The van der Waals surface area contributed by atoms with Crippen LogP contribution >= 0.6 is 0 Å². The summed E-state index contributed by atoms with van der Waals surface area (Å²) in [4.78, 5) is 0. The molecule has 2 N–H and O–H groups in total. The van der Waals surface area contributed by atoms with E-state index in [0.717, 1.165) is 11.3 Å². The summed E-state index contributed by atoms with van der Waals surface area (Å²) in [6.07, 6.45) is 1.30. The van der Waals surface area contributed by atoms with Crippen LogP contribution in [0.25, 0.3) is 0 Å². The van der Waals surface area contributed by atoms with Gasteiger partial charge in [-0.1, -0.05) is 13.8 Å². The molecule has 7 heteroatoms. The molecule has 0 saturated carbocycles. The number of sulfone groups is 1. The van der Waals surface area contributed by atoms with Crippen molar-refractivity contribution in [1.29, 1.82) is 0 Å². The van der Waals surface area contributed by atoms with E-state index in [9.17, 15) is 8.42 Å². The maximum atomic E-state index is 11.7. The number of anilines is 1. The Hall–Kier alpha value is -1.08. The van der Waals surface area contributed by atoms with Crippen LogP contribution in [0.3, 0.4) is 0 Å². The highest BCUT2D eigenvalue weighted by molar-refractivity contribution is 7.91. The van der Waals surface area contributed by atoms with Gasteiger partial charge in [-0.05, 0) is 19.3 Å². The average molecular weight is 315 g/mol. The van der Waals surface area contributed by atoms with Gasteiger partial charge in [0.05, 0.1) is 29.8 Å². The van der Waals surface area contributed by atoms with Crippen LogP contribution in [0, 0.1) is 0 Å². The van der Waals surface area contributed by atoms with E-state index in [1.165, 1.54) is 0 Å². The summed E-state index contributed by atoms with van der Waals surface area (Å²) >= 11 is 0. The van der Waals surface area contributed by atoms with Crippen molar-refractivity contribution in [1.82, 2.24) is 9.78 Å². The van der Waals surface area contributed by atoms with Crippen molar-refractivity contribution in [2.75, 3.05) is 30.5 Å². The van der Waals surface area contributed by atoms with Gasteiger partial charge in [-0.3, -0.25) is 0 Å². The minimum absolute atomic E-state index is 0.131. The number of nitrogens with zero attached hydrogens (tertiary/aromatic N) is 2. The van der Waals surface area contributed by atoms with Crippen molar-refractivity contribution >= 4 is 15.7 Å². The first-order valence-corrected chi connectivity index (χ1v) is 9.32. The summed E-state index contributed by atoms with van der Waals surface area (Å²) in [6, 6.07) is -0.131. The first-order valence-electron chi connectivity index (χ1n) is 7.50. The van der Waals surface area contributed by atoms with Gasteiger partial charge in [-0.2, -0.15) is 5.10 Å². The molecule has 1 fully saturated rings. The first kappa shape index (κ1) is 16.3. The third kappa shape index (κ3) is 3.58. The fourth-order valence-electron chi connectivity index (χ4n) is 2.88. The smallest absolute Gasteiger partial charge is 0.152 e. The third-order valence-electron chi connectivity index (χ3n) is 3.88. The van der Waals surface area contributed by atoms with E-state index in [0.29, 0.717) is 31.9 Å². The zero-order chi connectivity index (χ0) is 15.6. The van der Waals surface area contributed by atoms with Crippen LogP contribution in [0.4, 0.5) is 5.82 Å². The molecule has 1 atom stereocenters. The van der Waals surface area contributed by atoms with Gasteiger partial charge in [-0.15, -0.1) is 0 Å². The van der Waals surface area contributed by atoms with Crippen molar-refractivity contribution in [2.24, 2.45) is 0 Å². The van der Waals surface area contributed by atoms with Gasteiger partial charge in [0.1, 0.15) is 5.82 Å². The fraction of sp³-hybridized carbons (Fsp3) is 0.786. The zero-order valence-electron chi connectivity index (χ0n) is 13.0. The predicted molar refractivity (Wildman–Crippen MR) is 83.2 cm³/mol. The van der Waals surface area contributed by atoms with Crippen molar-refractivity contribution < 1.29 is 13.2 Å². The number of rotatable bonds is 6. The second-order valence-corrected chi connectivity index (χ2v) is 8.08. The Kier molecular flexibility index (Phi) is 4.93. The zero-order valence-corrected chi connectivity index (χ0v) is 13.8. The Morgan fingerprint density at radius 3 is 2.71 bits per heavy atom. The van der Waals surface area contributed by atoms with Gasteiger partial charge < -0.3 is 10.5 Å². The summed E-state index contributed by atoms with van der Waals surface area (Å²) in [6.45, 7) is 7.39. The van der Waals surface area contributed by atoms with Gasteiger partial charge in [-0.25, -0.2) is 13.1 Å². The molecule has 1 aliphatic rings. The minimum atomic E-state index is -2.95. The highest BCUT2D eigenvalue weighted by Gasteiger charge is 2.32. The van der Waals surface area contributed by atoms with Gasteiger partial charge in [0.15, 0.2) is 9.84 Å². The molecule has 0 aliphatic carbocycles. The van der Waals surface area contributed by atoms with Crippen LogP contribution in [-0.2, 0) is 21.0 Å². The van der Waals surface area contributed by atoms with Crippen LogP contribution in [0.2, 0.25) is 0 Å². The first-order chi connectivity index (χ1) is 9.85. The number of aromatic nitrogens is 2. The number of ether oxygens (including phenoxy) is 1. The van der Waals surface area contributed by atoms with Crippen LogP contribution in [0.15, 0.2) is 0 Å². The molecule has 0 radical (unpaired) electrons. The van der Waals surface area contributed by atoms with E-state index in [4.69, 9.17) is 10.5 Å². The third-order valence-corrected chi connectivity index (χ3v) is 5.63. The van der Waals surface area contributed by atoms with Crippen molar-refractivity contribution in [3.8, 4) is 0 Å². The van der Waals surface area contributed by atoms with Crippen LogP contribution in [-0.4, -0.2) is 42.9 Å². The Labute approximate surface area is 126 Å². The normalized spacial score (nSPS) is 21.2. The quantitative estimate of drug-likeness (QED) is 0.804. The predicted octanol–water partition coefficient (Wildman–Crippen LogP) is 1.53. The molecule has 1 aliphatic heterocycles. The van der Waals surface area contributed by atoms with E-state index >= 15 is 0 Å². The summed E-state index contributed by atoms with van der Waals surface area (Å²) in [5.74, 6) is 1.23. The molecular weight excluding hydrogens is 290 g/mol. The molecule has 1 saturated heterocycles. The van der Waals surface area contributed by atoms with E-state index in [1.807, 2.05) is 6.92 Å². The molecule has 0 amide bonds. The molecule has 0 bridgehead atoms. The Morgan fingerprint density at radius 2 is 2.19 bits per heavy atom. The van der Waals surface area contributed by atoms with E-state index in [1.54, 1.807) is 4.68 Å². The Morgan fingerprint density at radius 1 is 1.48 bits per heavy atom. The Bertz CT molecular complexity index is 593.